The van der Waals surface area contributed by atoms with Crippen molar-refractivity contribution in [2.75, 3.05) is 0 Å². The van der Waals surface area contributed by atoms with E-state index in [4.69, 9.17) is 5.73 Å². The van der Waals surface area contributed by atoms with E-state index in [0.29, 0.717) is 6.42 Å². The van der Waals surface area contributed by atoms with Crippen LogP contribution in [0.5, 0.6) is 0 Å². The summed E-state index contributed by atoms with van der Waals surface area (Å²) in [6, 6.07) is 5.80. The Balaban J connectivity index is 2.65. The summed E-state index contributed by atoms with van der Waals surface area (Å²) in [5, 5.41) is 2.94. The monoisotopic (exact) mass is 266 g/mol. The molecule has 3 nitrogen and oxygen atoms in total. The van der Waals surface area contributed by atoms with Gasteiger partial charge in [-0.1, -0.05) is 26.0 Å². The molecule has 106 valence electrons. The Morgan fingerprint density at radius 2 is 1.84 bits per heavy atom. The smallest absolute Gasteiger partial charge is 0.237 e. The SMILES string of the molecule is CC(C)[C@H](N)C(=O)NC(C)(C)Cc1ccc(F)cc1. The molecule has 0 aliphatic carbocycles. The zero-order chi connectivity index (χ0) is 14.6. The molecule has 1 aromatic rings. The van der Waals surface area contributed by atoms with Crippen LogP contribution in [0.25, 0.3) is 0 Å². The van der Waals surface area contributed by atoms with Crippen LogP contribution in [0, 0.1) is 11.7 Å². The lowest BCUT2D eigenvalue weighted by atomic mass is 9.93. The van der Waals surface area contributed by atoms with Crippen LogP contribution < -0.4 is 11.1 Å². The van der Waals surface area contributed by atoms with Crippen molar-refractivity contribution in [1.82, 2.24) is 5.32 Å². The van der Waals surface area contributed by atoms with Crippen LogP contribution in [-0.2, 0) is 11.2 Å². The van der Waals surface area contributed by atoms with E-state index in [-0.39, 0.29) is 17.6 Å². The van der Waals surface area contributed by atoms with E-state index in [1.807, 2.05) is 27.7 Å². The molecule has 0 saturated carbocycles. The Labute approximate surface area is 114 Å². The van der Waals surface area contributed by atoms with Crippen LogP contribution in [0.4, 0.5) is 4.39 Å². The Bertz CT molecular complexity index is 426. The van der Waals surface area contributed by atoms with E-state index >= 15 is 0 Å². The molecule has 0 heterocycles. The second kappa shape index (κ2) is 6.15. The molecule has 0 fully saturated rings. The minimum atomic E-state index is -0.507. The predicted octanol–water partition coefficient (Wildman–Crippen LogP) is 2.25. The molecule has 19 heavy (non-hydrogen) atoms. The molecule has 0 radical (unpaired) electrons. The molecule has 3 N–H and O–H groups in total. The van der Waals surface area contributed by atoms with Crippen LogP contribution in [0.15, 0.2) is 24.3 Å². The lowest BCUT2D eigenvalue weighted by Crippen LogP contribution is -2.53. The van der Waals surface area contributed by atoms with E-state index < -0.39 is 11.6 Å². The third-order valence-corrected chi connectivity index (χ3v) is 3.04. The van der Waals surface area contributed by atoms with Gasteiger partial charge in [-0.2, -0.15) is 0 Å². The molecular formula is C15H23FN2O. The molecule has 1 aromatic carbocycles. The van der Waals surface area contributed by atoms with Gasteiger partial charge < -0.3 is 11.1 Å². The fraction of sp³-hybridized carbons (Fsp3) is 0.533. The van der Waals surface area contributed by atoms with E-state index in [2.05, 4.69) is 5.32 Å². The standard InChI is InChI=1S/C15H23FN2O/c1-10(2)13(17)14(19)18-15(3,4)9-11-5-7-12(16)8-6-11/h5-8,10,13H,9,17H2,1-4H3,(H,18,19)/t13-/m0/s1. The zero-order valence-corrected chi connectivity index (χ0v) is 12.0. The van der Waals surface area contributed by atoms with Crippen LogP contribution in [-0.4, -0.2) is 17.5 Å². The first-order chi connectivity index (χ1) is 8.71. The van der Waals surface area contributed by atoms with Crippen LogP contribution in [0.3, 0.4) is 0 Å². The third kappa shape index (κ3) is 4.99. The maximum Gasteiger partial charge on any atom is 0.237 e. The minimum absolute atomic E-state index is 0.0987. The van der Waals surface area contributed by atoms with Crippen molar-refractivity contribution in [1.29, 1.82) is 0 Å². The van der Waals surface area contributed by atoms with Gasteiger partial charge in [-0.3, -0.25) is 4.79 Å². The Morgan fingerprint density at radius 1 is 1.32 bits per heavy atom. The number of hydrogen-bond donors (Lipinski definition) is 2. The lowest BCUT2D eigenvalue weighted by molar-refractivity contribution is -0.124. The molecule has 0 aliphatic heterocycles. The highest BCUT2D eigenvalue weighted by molar-refractivity contribution is 5.82. The first kappa shape index (κ1) is 15.6. The number of nitrogens with one attached hydrogen (secondary N) is 1. The maximum atomic E-state index is 12.8. The van der Waals surface area contributed by atoms with Crippen LogP contribution in [0.1, 0.15) is 33.3 Å². The van der Waals surface area contributed by atoms with Crippen molar-refractivity contribution in [2.45, 2.75) is 45.7 Å². The van der Waals surface area contributed by atoms with Crippen LogP contribution >= 0.6 is 0 Å². The molecule has 0 spiro atoms. The molecular weight excluding hydrogens is 243 g/mol. The van der Waals surface area contributed by atoms with Gasteiger partial charge in [0.05, 0.1) is 6.04 Å². The van der Waals surface area contributed by atoms with Gasteiger partial charge in [0, 0.05) is 5.54 Å². The molecule has 0 aromatic heterocycles. The summed E-state index contributed by atoms with van der Waals surface area (Å²) in [4.78, 5) is 11.9. The molecule has 0 saturated heterocycles. The fourth-order valence-corrected chi connectivity index (χ4v) is 1.88. The highest BCUT2D eigenvalue weighted by Crippen LogP contribution is 2.14. The Morgan fingerprint density at radius 3 is 2.32 bits per heavy atom. The molecule has 0 bridgehead atoms. The highest BCUT2D eigenvalue weighted by Gasteiger charge is 2.25. The van der Waals surface area contributed by atoms with E-state index in [1.165, 1.54) is 12.1 Å². The molecule has 4 heteroatoms. The number of hydrogen-bond acceptors (Lipinski definition) is 2. The second-order valence-corrected chi connectivity index (χ2v) is 5.95. The third-order valence-electron chi connectivity index (χ3n) is 3.04. The van der Waals surface area contributed by atoms with Gasteiger partial charge in [-0.05, 0) is 43.9 Å². The maximum absolute atomic E-state index is 12.8. The molecule has 1 atom stereocenters. The summed E-state index contributed by atoms with van der Waals surface area (Å²) < 4.78 is 12.8. The summed E-state index contributed by atoms with van der Waals surface area (Å²) in [5.41, 5.74) is 6.38. The van der Waals surface area contributed by atoms with Crippen molar-refractivity contribution in [3.63, 3.8) is 0 Å². The number of halogens is 1. The van der Waals surface area contributed by atoms with E-state index in [0.717, 1.165) is 5.56 Å². The van der Waals surface area contributed by atoms with E-state index in [9.17, 15) is 9.18 Å². The van der Waals surface area contributed by atoms with Gasteiger partial charge in [0.2, 0.25) is 5.91 Å². The molecule has 0 unspecified atom stereocenters. The summed E-state index contributed by atoms with van der Waals surface area (Å²) in [6.45, 7) is 7.69. The first-order valence-electron chi connectivity index (χ1n) is 6.53. The van der Waals surface area contributed by atoms with Gasteiger partial charge in [0.1, 0.15) is 5.82 Å². The number of amides is 1. The highest BCUT2D eigenvalue weighted by atomic mass is 19.1. The summed E-state index contributed by atoms with van der Waals surface area (Å²) in [6.07, 6.45) is 0.629. The largest absolute Gasteiger partial charge is 0.350 e. The summed E-state index contributed by atoms with van der Waals surface area (Å²) in [5.74, 6) is -0.309. The van der Waals surface area contributed by atoms with Crippen molar-refractivity contribution >= 4 is 5.91 Å². The number of nitrogens with two attached hydrogens (primary N) is 1. The fourth-order valence-electron chi connectivity index (χ4n) is 1.88. The normalized spacial score (nSPS) is 13.4. The first-order valence-corrected chi connectivity index (χ1v) is 6.53. The topological polar surface area (TPSA) is 55.1 Å². The summed E-state index contributed by atoms with van der Waals surface area (Å²) >= 11 is 0. The number of rotatable bonds is 5. The van der Waals surface area contributed by atoms with Crippen molar-refractivity contribution in [3.05, 3.63) is 35.6 Å². The number of carbonyl (C=O) groups is 1. The average molecular weight is 266 g/mol. The number of benzene rings is 1. The lowest BCUT2D eigenvalue weighted by Gasteiger charge is -2.29. The van der Waals surface area contributed by atoms with Gasteiger partial charge >= 0.3 is 0 Å². The zero-order valence-electron chi connectivity index (χ0n) is 12.0. The summed E-state index contributed by atoms with van der Waals surface area (Å²) in [7, 11) is 0. The predicted molar refractivity (Wildman–Crippen MR) is 75.1 cm³/mol. The van der Waals surface area contributed by atoms with E-state index in [1.54, 1.807) is 12.1 Å². The van der Waals surface area contributed by atoms with Crippen LogP contribution in [0.2, 0.25) is 0 Å². The van der Waals surface area contributed by atoms with Gasteiger partial charge in [-0.25, -0.2) is 4.39 Å². The minimum Gasteiger partial charge on any atom is -0.350 e. The number of carbonyl (C=O) groups excluding carboxylic acids is 1. The van der Waals surface area contributed by atoms with Crippen molar-refractivity contribution < 1.29 is 9.18 Å². The van der Waals surface area contributed by atoms with Crippen molar-refractivity contribution in [3.8, 4) is 0 Å². The van der Waals surface area contributed by atoms with Gasteiger partial charge in [0.25, 0.3) is 0 Å². The second-order valence-electron chi connectivity index (χ2n) is 5.95. The Kier molecular flexibility index (Phi) is 5.06. The van der Waals surface area contributed by atoms with Gasteiger partial charge in [0.15, 0.2) is 0 Å². The molecule has 1 rings (SSSR count). The average Bonchev–Trinajstić information content (AvgIpc) is 2.30. The quantitative estimate of drug-likeness (QED) is 0.859. The molecule has 1 amide bonds. The Hall–Kier alpha value is -1.42. The van der Waals surface area contributed by atoms with Gasteiger partial charge in [-0.15, -0.1) is 0 Å². The van der Waals surface area contributed by atoms with Crippen molar-refractivity contribution in [2.24, 2.45) is 11.7 Å². The molecule has 0 aliphatic rings.